The standard InChI is InChI=1S/C14H23N5O2.HI/c1-11-9-18(10-12(11)13(20)21-3)14(15-2)16-6-8-19-7-4-5-17-19;/h4-5,7,11-12H,6,8-10H2,1-3H3,(H,15,16);1H. The van der Waals surface area contributed by atoms with E-state index in [0.717, 1.165) is 25.6 Å². The van der Waals surface area contributed by atoms with Crippen molar-refractivity contribution in [2.75, 3.05) is 33.8 Å². The predicted molar refractivity (Wildman–Crippen MR) is 95.2 cm³/mol. The number of methoxy groups -OCH3 is 1. The Labute approximate surface area is 148 Å². The van der Waals surface area contributed by atoms with E-state index in [-0.39, 0.29) is 41.8 Å². The first-order valence-corrected chi connectivity index (χ1v) is 7.16. The number of hydrogen-bond acceptors (Lipinski definition) is 4. The quantitative estimate of drug-likeness (QED) is 0.338. The van der Waals surface area contributed by atoms with Crippen molar-refractivity contribution < 1.29 is 9.53 Å². The number of carbonyl (C=O) groups is 1. The van der Waals surface area contributed by atoms with E-state index >= 15 is 0 Å². The van der Waals surface area contributed by atoms with Gasteiger partial charge >= 0.3 is 5.97 Å². The van der Waals surface area contributed by atoms with Gasteiger partial charge in [0.05, 0.1) is 19.6 Å². The summed E-state index contributed by atoms with van der Waals surface area (Å²) in [5.74, 6) is 0.860. The average Bonchev–Trinajstić information content (AvgIpc) is 3.12. The van der Waals surface area contributed by atoms with Gasteiger partial charge in [-0.25, -0.2) is 0 Å². The van der Waals surface area contributed by atoms with Gasteiger partial charge < -0.3 is 15.0 Å². The molecule has 1 aliphatic rings. The van der Waals surface area contributed by atoms with Crippen molar-refractivity contribution in [2.45, 2.75) is 13.5 Å². The van der Waals surface area contributed by atoms with E-state index in [1.807, 2.05) is 16.9 Å². The van der Waals surface area contributed by atoms with Crippen LogP contribution in [-0.2, 0) is 16.1 Å². The minimum atomic E-state index is -0.142. The zero-order chi connectivity index (χ0) is 15.2. The van der Waals surface area contributed by atoms with Gasteiger partial charge in [-0.05, 0) is 12.0 Å². The van der Waals surface area contributed by atoms with E-state index in [2.05, 4.69) is 27.2 Å². The molecule has 0 radical (unpaired) electrons. The van der Waals surface area contributed by atoms with Crippen LogP contribution in [0.5, 0.6) is 0 Å². The van der Waals surface area contributed by atoms with Crippen molar-refractivity contribution in [2.24, 2.45) is 16.8 Å². The number of nitrogens with one attached hydrogen (secondary N) is 1. The van der Waals surface area contributed by atoms with Crippen molar-refractivity contribution in [1.82, 2.24) is 20.0 Å². The zero-order valence-corrected chi connectivity index (χ0v) is 15.6. The van der Waals surface area contributed by atoms with Crippen LogP contribution in [0.15, 0.2) is 23.5 Å². The van der Waals surface area contributed by atoms with Crippen LogP contribution >= 0.6 is 24.0 Å². The molecule has 2 unspecified atom stereocenters. The monoisotopic (exact) mass is 421 g/mol. The lowest BCUT2D eigenvalue weighted by Gasteiger charge is -2.21. The maximum atomic E-state index is 11.7. The van der Waals surface area contributed by atoms with Crippen molar-refractivity contribution in [3.8, 4) is 0 Å². The second-order valence-electron chi connectivity index (χ2n) is 5.26. The summed E-state index contributed by atoms with van der Waals surface area (Å²) in [5, 5.41) is 7.47. The smallest absolute Gasteiger partial charge is 0.310 e. The molecule has 0 amide bonds. The Bertz CT molecular complexity index is 491. The molecule has 0 bridgehead atoms. The lowest BCUT2D eigenvalue weighted by atomic mass is 9.99. The lowest BCUT2D eigenvalue weighted by Crippen LogP contribution is -2.41. The van der Waals surface area contributed by atoms with Crippen molar-refractivity contribution in [1.29, 1.82) is 0 Å². The van der Waals surface area contributed by atoms with Crippen LogP contribution in [0.1, 0.15) is 6.92 Å². The van der Waals surface area contributed by atoms with E-state index in [4.69, 9.17) is 4.74 Å². The third-order valence-electron chi connectivity index (χ3n) is 3.81. The lowest BCUT2D eigenvalue weighted by molar-refractivity contribution is -0.145. The van der Waals surface area contributed by atoms with E-state index in [9.17, 15) is 4.79 Å². The Hall–Kier alpha value is -1.32. The number of aromatic nitrogens is 2. The molecule has 1 saturated heterocycles. The van der Waals surface area contributed by atoms with E-state index in [1.54, 1.807) is 13.2 Å². The molecule has 7 nitrogen and oxygen atoms in total. The first kappa shape index (κ1) is 18.7. The predicted octanol–water partition coefficient (Wildman–Crippen LogP) is 0.817. The van der Waals surface area contributed by atoms with Gasteiger partial charge in [0.15, 0.2) is 5.96 Å². The molecule has 2 atom stereocenters. The minimum absolute atomic E-state index is 0. The highest BCUT2D eigenvalue weighted by atomic mass is 127. The van der Waals surface area contributed by atoms with Gasteiger partial charge in [-0.2, -0.15) is 5.10 Å². The fourth-order valence-corrected chi connectivity index (χ4v) is 2.65. The van der Waals surface area contributed by atoms with Crippen LogP contribution < -0.4 is 5.32 Å². The van der Waals surface area contributed by atoms with E-state index in [1.165, 1.54) is 7.11 Å². The average molecular weight is 421 g/mol. The van der Waals surface area contributed by atoms with Gasteiger partial charge in [0.1, 0.15) is 0 Å². The number of carbonyl (C=O) groups excluding carboxylic acids is 1. The molecule has 1 N–H and O–H groups in total. The second kappa shape index (κ2) is 8.96. The molecule has 0 aliphatic carbocycles. The summed E-state index contributed by atoms with van der Waals surface area (Å²) in [5.41, 5.74) is 0. The van der Waals surface area contributed by atoms with Gasteiger partial charge in [0.2, 0.25) is 0 Å². The van der Waals surface area contributed by atoms with Crippen molar-refractivity contribution in [3.05, 3.63) is 18.5 Å². The fraction of sp³-hybridized carbons (Fsp3) is 0.643. The Morgan fingerprint density at radius 2 is 2.27 bits per heavy atom. The first-order valence-electron chi connectivity index (χ1n) is 7.16. The van der Waals surface area contributed by atoms with Crippen LogP contribution in [0, 0.1) is 11.8 Å². The zero-order valence-electron chi connectivity index (χ0n) is 13.2. The number of halogens is 1. The highest BCUT2D eigenvalue weighted by Gasteiger charge is 2.36. The summed E-state index contributed by atoms with van der Waals surface area (Å²) < 4.78 is 6.72. The molecular formula is C14H24IN5O2. The number of nitrogens with zero attached hydrogens (tertiary/aromatic N) is 4. The summed E-state index contributed by atoms with van der Waals surface area (Å²) in [6.45, 7) is 5.03. The van der Waals surface area contributed by atoms with Gasteiger partial charge in [0.25, 0.3) is 0 Å². The largest absolute Gasteiger partial charge is 0.469 e. The van der Waals surface area contributed by atoms with Crippen LogP contribution in [0.4, 0.5) is 0 Å². The molecule has 1 aliphatic heterocycles. The Morgan fingerprint density at radius 3 is 2.86 bits per heavy atom. The van der Waals surface area contributed by atoms with Gasteiger partial charge in [0, 0.05) is 39.1 Å². The first-order chi connectivity index (χ1) is 10.2. The van der Waals surface area contributed by atoms with Gasteiger partial charge in [-0.15, -0.1) is 24.0 Å². The molecular weight excluding hydrogens is 397 g/mol. The summed E-state index contributed by atoms with van der Waals surface area (Å²) in [6.07, 6.45) is 3.69. The topological polar surface area (TPSA) is 71.8 Å². The molecule has 124 valence electrons. The highest BCUT2D eigenvalue weighted by molar-refractivity contribution is 14.0. The van der Waals surface area contributed by atoms with Crippen molar-refractivity contribution >= 4 is 35.9 Å². The molecule has 2 heterocycles. The molecule has 0 saturated carbocycles. The summed E-state index contributed by atoms with van der Waals surface area (Å²) >= 11 is 0. The number of likely N-dealkylation sites (tertiary alicyclic amines) is 1. The number of aliphatic imine (C=N–C) groups is 1. The minimum Gasteiger partial charge on any atom is -0.469 e. The third kappa shape index (κ3) is 4.59. The molecule has 1 aromatic rings. The van der Waals surface area contributed by atoms with Crippen LogP contribution in [0.25, 0.3) is 0 Å². The SMILES string of the molecule is CN=C(NCCn1cccn1)N1CC(C)C(C(=O)OC)C1.I. The molecule has 2 rings (SSSR count). The van der Waals surface area contributed by atoms with Crippen LogP contribution in [0.2, 0.25) is 0 Å². The molecule has 22 heavy (non-hydrogen) atoms. The number of hydrogen-bond donors (Lipinski definition) is 1. The van der Waals surface area contributed by atoms with E-state index < -0.39 is 0 Å². The Balaban J connectivity index is 0.00000242. The summed E-state index contributed by atoms with van der Waals surface area (Å²) in [4.78, 5) is 18.1. The normalized spacial score (nSPS) is 21.4. The van der Waals surface area contributed by atoms with Gasteiger partial charge in [-0.3, -0.25) is 14.5 Å². The number of rotatable bonds is 4. The highest BCUT2D eigenvalue weighted by Crippen LogP contribution is 2.23. The Kier molecular flexibility index (Phi) is 7.63. The molecule has 0 spiro atoms. The fourth-order valence-electron chi connectivity index (χ4n) is 2.65. The second-order valence-corrected chi connectivity index (χ2v) is 5.26. The van der Waals surface area contributed by atoms with E-state index in [0.29, 0.717) is 6.54 Å². The molecule has 1 aromatic heterocycles. The third-order valence-corrected chi connectivity index (χ3v) is 3.81. The molecule has 0 aromatic carbocycles. The molecule has 8 heteroatoms. The summed E-state index contributed by atoms with van der Waals surface area (Å²) in [7, 11) is 3.20. The number of esters is 1. The molecule has 1 fully saturated rings. The van der Waals surface area contributed by atoms with Gasteiger partial charge in [-0.1, -0.05) is 6.92 Å². The van der Waals surface area contributed by atoms with Crippen LogP contribution in [0.3, 0.4) is 0 Å². The number of ether oxygens (including phenoxy) is 1. The Morgan fingerprint density at radius 1 is 1.50 bits per heavy atom. The maximum Gasteiger partial charge on any atom is 0.310 e. The number of guanidine groups is 1. The maximum absolute atomic E-state index is 11.7. The van der Waals surface area contributed by atoms with Crippen LogP contribution in [-0.4, -0.2) is 60.4 Å². The summed E-state index contributed by atoms with van der Waals surface area (Å²) in [6, 6.07) is 1.90. The van der Waals surface area contributed by atoms with Crippen molar-refractivity contribution in [3.63, 3.8) is 0 Å².